The Balaban J connectivity index is 2.97. The van der Waals surface area contributed by atoms with E-state index in [1.54, 1.807) is 13.0 Å². The predicted octanol–water partition coefficient (Wildman–Crippen LogP) is 1.77. The highest BCUT2D eigenvalue weighted by atomic mass is 35.5. The Labute approximate surface area is 86.5 Å². The molecule has 72 valence electrons. The van der Waals surface area contributed by atoms with E-state index in [9.17, 15) is 5.11 Å². The standard InChI is InChI=1S/C8H10Cl2N2O/c1-4(11)7(13)5-2-6(9)8(10)12-3-5/h2-4,7,13H,11H2,1H3. The zero-order valence-electron chi connectivity index (χ0n) is 7.04. The Morgan fingerprint density at radius 3 is 2.62 bits per heavy atom. The highest BCUT2D eigenvalue weighted by Crippen LogP contribution is 2.23. The summed E-state index contributed by atoms with van der Waals surface area (Å²) in [5.74, 6) is 0. The van der Waals surface area contributed by atoms with E-state index in [2.05, 4.69) is 4.98 Å². The van der Waals surface area contributed by atoms with Crippen molar-refractivity contribution in [3.63, 3.8) is 0 Å². The molecule has 0 aromatic carbocycles. The molecule has 0 bridgehead atoms. The summed E-state index contributed by atoms with van der Waals surface area (Å²) < 4.78 is 0. The van der Waals surface area contributed by atoms with Gasteiger partial charge in [-0.05, 0) is 13.0 Å². The van der Waals surface area contributed by atoms with Gasteiger partial charge in [-0.1, -0.05) is 23.2 Å². The van der Waals surface area contributed by atoms with Crippen molar-refractivity contribution in [1.82, 2.24) is 4.98 Å². The second-order valence-electron chi connectivity index (χ2n) is 2.85. The summed E-state index contributed by atoms with van der Waals surface area (Å²) >= 11 is 11.3. The molecule has 0 spiro atoms. The Hall–Kier alpha value is -0.350. The van der Waals surface area contributed by atoms with Crippen LogP contribution in [0.4, 0.5) is 0 Å². The summed E-state index contributed by atoms with van der Waals surface area (Å²) in [4.78, 5) is 3.80. The van der Waals surface area contributed by atoms with Gasteiger partial charge in [0.2, 0.25) is 0 Å². The number of aliphatic hydroxyl groups is 1. The largest absolute Gasteiger partial charge is 0.387 e. The maximum absolute atomic E-state index is 9.55. The van der Waals surface area contributed by atoms with Crippen LogP contribution in [0.3, 0.4) is 0 Å². The molecule has 3 N–H and O–H groups in total. The molecule has 0 aliphatic carbocycles. The van der Waals surface area contributed by atoms with Gasteiger partial charge in [0, 0.05) is 17.8 Å². The number of nitrogens with two attached hydrogens (primary N) is 1. The predicted molar refractivity (Wildman–Crippen MR) is 52.9 cm³/mol. The third kappa shape index (κ3) is 2.54. The van der Waals surface area contributed by atoms with Gasteiger partial charge in [0.1, 0.15) is 5.15 Å². The highest BCUT2D eigenvalue weighted by Gasteiger charge is 2.13. The molecule has 2 unspecified atom stereocenters. The van der Waals surface area contributed by atoms with Crippen LogP contribution >= 0.6 is 23.2 Å². The molecule has 0 saturated carbocycles. The first kappa shape index (κ1) is 10.7. The number of aliphatic hydroxyl groups excluding tert-OH is 1. The SMILES string of the molecule is CC(N)C(O)c1cnc(Cl)c(Cl)c1. The monoisotopic (exact) mass is 220 g/mol. The third-order valence-electron chi connectivity index (χ3n) is 1.66. The molecule has 1 rings (SSSR count). The molecule has 0 aliphatic heterocycles. The topological polar surface area (TPSA) is 59.1 Å². The van der Waals surface area contributed by atoms with Crippen LogP contribution in [0, 0.1) is 0 Å². The lowest BCUT2D eigenvalue weighted by Gasteiger charge is -2.14. The van der Waals surface area contributed by atoms with Crippen molar-refractivity contribution in [3.8, 4) is 0 Å². The van der Waals surface area contributed by atoms with E-state index >= 15 is 0 Å². The number of halogens is 2. The van der Waals surface area contributed by atoms with Gasteiger partial charge in [0.15, 0.2) is 0 Å². The zero-order valence-corrected chi connectivity index (χ0v) is 8.55. The van der Waals surface area contributed by atoms with E-state index in [1.165, 1.54) is 6.20 Å². The van der Waals surface area contributed by atoms with E-state index < -0.39 is 6.10 Å². The molecule has 0 aliphatic rings. The Morgan fingerprint density at radius 2 is 2.15 bits per heavy atom. The number of hydrogen-bond donors (Lipinski definition) is 2. The minimum Gasteiger partial charge on any atom is -0.387 e. The number of aromatic nitrogens is 1. The molecule has 0 fully saturated rings. The average Bonchev–Trinajstić information content (AvgIpc) is 2.08. The molecule has 13 heavy (non-hydrogen) atoms. The smallest absolute Gasteiger partial charge is 0.147 e. The molecule has 1 heterocycles. The van der Waals surface area contributed by atoms with Crippen LogP contribution in [0.5, 0.6) is 0 Å². The number of nitrogens with zero attached hydrogens (tertiary/aromatic N) is 1. The van der Waals surface area contributed by atoms with E-state index in [1.807, 2.05) is 0 Å². The number of hydrogen-bond acceptors (Lipinski definition) is 3. The van der Waals surface area contributed by atoms with Crippen molar-refractivity contribution in [1.29, 1.82) is 0 Å². The normalized spacial score (nSPS) is 15.5. The second-order valence-corrected chi connectivity index (χ2v) is 3.61. The summed E-state index contributed by atoms with van der Waals surface area (Å²) in [7, 11) is 0. The van der Waals surface area contributed by atoms with E-state index in [0.717, 1.165) is 0 Å². The van der Waals surface area contributed by atoms with Gasteiger partial charge in [0.05, 0.1) is 11.1 Å². The molecular weight excluding hydrogens is 211 g/mol. The fourth-order valence-corrected chi connectivity index (χ4v) is 1.18. The van der Waals surface area contributed by atoms with Crippen molar-refractivity contribution in [3.05, 3.63) is 28.0 Å². The summed E-state index contributed by atoms with van der Waals surface area (Å²) in [5, 5.41) is 10.1. The first-order valence-corrected chi connectivity index (χ1v) is 4.52. The van der Waals surface area contributed by atoms with Gasteiger partial charge >= 0.3 is 0 Å². The molecule has 0 saturated heterocycles. The molecule has 5 heteroatoms. The van der Waals surface area contributed by atoms with Crippen molar-refractivity contribution >= 4 is 23.2 Å². The number of rotatable bonds is 2. The minimum absolute atomic E-state index is 0.224. The molecule has 3 nitrogen and oxygen atoms in total. The Morgan fingerprint density at radius 1 is 1.54 bits per heavy atom. The van der Waals surface area contributed by atoms with Crippen LogP contribution in [0.25, 0.3) is 0 Å². The molecular formula is C8H10Cl2N2O. The molecule has 0 radical (unpaired) electrons. The maximum Gasteiger partial charge on any atom is 0.147 e. The third-order valence-corrected chi connectivity index (χ3v) is 2.34. The fourth-order valence-electron chi connectivity index (χ4n) is 0.901. The van der Waals surface area contributed by atoms with Crippen molar-refractivity contribution in [2.24, 2.45) is 5.73 Å². The lowest BCUT2D eigenvalue weighted by Crippen LogP contribution is -2.24. The van der Waals surface area contributed by atoms with E-state index in [4.69, 9.17) is 28.9 Å². The Bertz CT molecular complexity index is 304. The summed E-state index contributed by atoms with van der Waals surface area (Å²) in [6.45, 7) is 1.70. The van der Waals surface area contributed by atoms with Gasteiger partial charge in [-0.15, -0.1) is 0 Å². The van der Waals surface area contributed by atoms with Crippen LogP contribution in [-0.2, 0) is 0 Å². The van der Waals surface area contributed by atoms with Gasteiger partial charge in [-0.3, -0.25) is 0 Å². The fraction of sp³-hybridized carbons (Fsp3) is 0.375. The second kappa shape index (κ2) is 4.24. The van der Waals surface area contributed by atoms with Crippen LogP contribution in [0.1, 0.15) is 18.6 Å². The van der Waals surface area contributed by atoms with Crippen LogP contribution in [-0.4, -0.2) is 16.1 Å². The van der Waals surface area contributed by atoms with Gasteiger partial charge in [-0.25, -0.2) is 4.98 Å². The maximum atomic E-state index is 9.55. The van der Waals surface area contributed by atoms with Crippen LogP contribution < -0.4 is 5.73 Å². The molecule has 1 aromatic heterocycles. The molecule has 0 amide bonds. The summed E-state index contributed by atoms with van der Waals surface area (Å²) in [5.41, 5.74) is 6.08. The van der Waals surface area contributed by atoms with Crippen molar-refractivity contribution < 1.29 is 5.11 Å². The van der Waals surface area contributed by atoms with Gasteiger partial charge in [0.25, 0.3) is 0 Å². The highest BCUT2D eigenvalue weighted by molar-refractivity contribution is 6.41. The molecule has 1 aromatic rings. The molecule has 2 atom stereocenters. The lowest BCUT2D eigenvalue weighted by molar-refractivity contribution is 0.153. The Kier molecular flexibility index (Phi) is 3.50. The van der Waals surface area contributed by atoms with Crippen molar-refractivity contribution in [2.45, 2.75) is 19.1 Å². The summed E-state index contributed by atoms with van der Waals surface area (Å²) in [6, 6.07) is 1.20. The van der Waals surface area contributed by atoms with Crippen molar-refractivity contribution in [2.75, 3.05) is 0 Å². The first-order valence-electron chi connectivity index (χ1n) is 3.77. The van der Waals surface area contributed by atoms with Gasteiger partial charge in [-0.2, -0.15) is 0 Å². The first-order chi connectivity index (χ1) is 6.02. The van der Waals surface area contributed by atoms with Gasteiger partial charge < -0.3 is 10.8 Å². The van der Waals surface area contributed by atoms with E-state index in [-0.39, 0.29) is 11.2 Å². The average molecular weight is 221 g/mol. The summed E-state index contributed by atoms with van der Waals surface area (Å²) in [6.07, 6.45) is 0.699. The number of pyridine rings is 1. The van der Waals surface area contributed by atoms with E-state index in [0.29, 0.717) is 10.6 Å². The quantitative estimate of drug-likeness (QED) is 0.748. The van der Waals surface area contributed by atoms with Crippen LogP contribution in [0.2, 0.25) is 10.2 Å². The van der Waals surface area contributed by atoms with Crippen LogP contribution in [0.15, 0.2) is 12.3 Å². The zero-order chi connectivity index (χ0) is 10.0. The lowest BCUT2D eigenvalue weighted by atomic mass is 10.1. The minimum atomic E-state index is -0.762.